The average Bonchev–Trinajstić information content (AvgIpc) is 0.816. The van der Waals surface area contributed by atoms with Crippen LogP contribution in [0, 0.1) is 58.7 Å². The third-order valence-corrected chi connectivity index (χ3v) is 25.1. The zero-order valence-electron chi connectivity index (χ0n) is 74.2. The smallest absolute Gasteiger partial charge is 0.472 e. The van der Waals surface area contributed by atoms with Crippen LogP contribution in [0.15, 0.2) is 0 Å². The van der Waals surface area contributed by atoms with E-state index in [1.165, 1.54) is 27.7 Å². The predicted octanol–water partition coefficient (Wildman–Crippen LogP) is 10.7. The largest absolute Gasteiger partial charge is 0.756 e. The molecule has 0 aliphatic carbocycles. The van der Waals surface area contributed by atoms with Gasteiger partial charge >= 0.3 is 33.6 Å². The van der Waals surface area contributed by atoms with Crippen molar-refractivity contribution < 1.29 is 169 Å². The number of aliphatic hydroxyl groups excluding tert-OH is 1. The minimum Gasteiger partial charge on any atom is -0.756 e. The summed E-state index contributed by atoms with van der Waals surface area (Å²) in [6, 6.07) is -0.442. The molecule has 120 heavy (non-hydrogen) atoms. The van der Waals surface area contributed by atoms with Gasteiger partial charge in [0.05, 0.1) is 122 Å². The van der Waals surface area contributed by atoms with Crippen molar-refractivity contribution in [3.63, 3.8) is 0 Å². The molecule has 3 aliphatic heterocycles. The van der Waals surface area contributed by atoms with Crippen molar-refractivity contribution in [3.8, 4) is 0 Å². The van der Waals surface area contributed by atoms with E-state index in [0.29, 0.717) is 97.1 Å². The molecule has 3 fully saturated rings. The second-order valence-corrected chi connectivity index (χ2v) is 36.8. The number of carbonyl (C=O) groups excluding carboxylic acids is 4. The normalized spacial score (nSPS) is 26.1. The highest BCUT2D eigenvalue weighted by Gasteiger charge is 2.45. The number of ether oxygens (including phenoxy) is 15. The highest BCUT2D eigenvalue weighted by atomic mass is 31.2. The molecule has 1 amide bonds. The first kappa shape index (κ1) is 114. The van der Waals surface area contributed by atoms with Crippen LogP contribution in [0.3, 0.4) is 0 Å². The Morgan fingerprint density at radius 1 is 0.375 bits per heavy atom. The summed E-state index contributed by atoms with van der Waals surface area (Å²) in [4.78, 5) is 94.0. The van der Waals surface area contributed by atoms with Gasteiger partial charge in [0.25, 0.3) is 15.6 Å². The van der Waals surface area contributed by atoms with E-state index in [9.17, 15) is 62.1 Å². The molecule has 710 valence electrons. The number of rotatable bonds is 72. The number of methoxy groups -OCH3 is 1. The maximum absolute atomic E-state index is 13.5. The molecule has 3 heterocycles. The van der Waals surface area contributed by atoms with E-state index in [-0.39, 0.29) is 248 Å². The molecular weight excluding hydrogens is 1660 g/mol. The summed E-state index contributed by atoms with van der Waals surface area (Å²) in [6.07, 6.45) is 5.38. The highest BCUT2D eigenvalue weighted by Crippen LogP contribution is 2.46. The summed E-state index contributed by atoms with van der Waals surface area (Å²) >= 11 is 0. The van der Waals surface area contributed by atoms with Gasteiger partial charge in [0.1, 0.15) is 19.8 Å². The SMILES string of the molecule is CC.COCCCOCC(CO)COCCCOP(=O)([O-])OCC(COCCCOP(=O)([O-])OCCCCCCO[C@@H]1OC(COC(C)=O)[C@H](C)[C@H](C)C1NC(C)=O)(COCCCOP(=O)(O)OCCCCCCO[C@@H]1OC(COC(C)=O)[C@H](C)[C@H](C)C1C)COCCCOP(=O)(O)OCCCCCCO[C@@H]1OC(COC(C)=O)[C@H](C)[C@H](C)C1C. The summed E-state index contributed by atoms with van der Waals surface area (Å²) in [7, 11) is -17.3. The molecular formula is C79H151NO36P4-2. The summed E-state index contributed by atoms with van der Waals surface area (Å²) in [5, 5.41) is 12.7. The van der Waals surface area contributed by atoms with Crippen LogP contribution >= 0.6 is 31.3 Å². The Bertz CT molecular complexity index is 2780. The van der Waals surface area contributed by atoms with Crippen LogP contribution in [0.1, 0.15) is 206 Å². The maximum Gasteiger partial charge on any atom is 0.472 e. The summed E-state index contributed by atoms with van der Waals surface area (Å²) in [5.41, 5.74) is -1.50. The standard InChI is InChI=1S/C77H147NO36P4.C2H6/c1-57-59(3)70(50-101-66(10)81)112-74(63(57)7)98-37-20-14-17-23-40-104-115(84,85)107-44-28-34-95-53-77(56-111-118(90,91)110-43-27-33-94-49-69(47-79)48-93-32-26-31-92-13,54-96-35-29-45-108-116(86,87)105-41-24-18-15-21-38-99-75-64(8)58(2)60(4)71(113-75)51-102-67(11)82)55-97-36-30-46-109-117(88,89)106-42-25-19-16-22-39-100-76-73(78-65(9)80)62(6)61(5)72(114-76)52-103-68(12)83;1-2/h57-64,69-76,79H,14-56H2,1-13H3,(H,78,80)(H,84,85)(H,86,87)(H,88,89)(H,90,91);1-2H3/p-2/t57-,58-,59+,60+,61+,62-,63?,64?,69?,70?,71?,72?,73?,74+,75+,76+,77?;/m0./s1. The zero-order chi connectivity index (χ0) is 89.4. The fourth-order valence-corrected chi connectivity index (χ4v) is 16.2. The van der Waals surface area contributed by atoms with Crippen molar-refractivity contribution in [1.29, 1.82) is 0 Å². The molecule has 3 saturated heterocycles. The minimum absolute atomic E-state index is 0.00499. The topological polar surface area (TPSA) is 468 Å². The van der Waals surface area contributed by atoms with Gasteiger partial charge in [0.2, 0.25) is 5.91 Å². The van der Waals surface area contributed by atoms with Gasteiger partial charge in [-0.2, -0.15) is 0 Å². The molecule has 11 unspecified atom stereocenters. The lowest BCUT2D eigenvalue weighted by molar-refractivity contribution is -0.255. The fraction of sp³-hybridized carbons (Fsp3) is 0.949. The molecule has 0 saturated carbocycles. The van der Waals surface area contributed by atoms with Crippen LogP contribution in [0.5, 0.6) is 0 Å². The van der Waals surface area contributed by atoms with Gasteiger partial charge in [-0.15, -0.1) is 0 Å². The monoisotopic (exact) mass is 1810 g/mol. The molecule has 41 heteroatoms. The van der Waals surface area contributed by atoms with Crippen LogP contribution in [0.25, 0.3) is 0 Å². The first-order valence-corrected chi connectivity index (χ1v) is 48.9. The number of hydrogen-bond donors (Lipinski definition) is 4. The molecule has 0 spiro atoms. The first-order valence-electron chi connectivity index (χ1n) is 43.0. The van der Waals surface area contributed by atoms with Gasteiger partial charge in [-0.05, 0) is 106 Å². The lowest BCUT2D eigenvalue weighted by Crippen LogP contribution is -2.58. The van der Waals surface area contributed by atoms with Crippen LogP contribution in [0.2, 0.25) is 0 Å². The van der Waals surface area contributed by atoms with Gasteiger partial charge in [-0.3, -0.25) is 46.4 Å². The number of aliphatic hydroxyl groups is 1. The molecule has 4 N–H and O–H groups in total. The van der Waals surface area contributed by atoms with Gasteiger partial charge in [-0.1, -0.05) is 108 Å². The third kappa shape index (κ3) is 51.7. The van der Waals surface area contributed by atoms with Gasteiger partial charge in [0, 0.05) is 112 Å². The number of nitrogens with one attached hydrogen (secondary N) is 1. The second kappa shape index (κ2) is 65.4. The molecule has 0 radical (unpaired) electrons. The van der Waals surface area contributed by atoms with Crippen molar-refractivity contribution in [1.82, 2.24) is 5.32 Å². The van der Waals surface area contributed by atoms with Crippen LogP contribution in [0.4, 0.5) is 0 Å². The van der Waals surface area contributed by atoms with Gasteiger partial charge in [0.15, 0.2) is 18.9 Å². The average molecular weight is 1810 g/mol. The Hall–Kier alpha value is -2.20. The van der Waals surface area contributed by atoms with Crippen molar-refractivity contribution in [3.05, 3.63) is 0 Å². The number of amides is 1. The molecule has 0 aromatic heterocycles. The summed E-state index contributed by atoms with van der Waals surface area (Å²) in [5.74, 6) is -0.801. The van der Waals surface area contributed by atoms with E-state index in [4.69, 9.17) is 107 Å². The van der Waals surface area contributed by atoms with Crippen molar-refractivity contribution >= 4 is 55.1 Å². The molecule has 0 aromatic carbocycles. The van der Waals surface area contributed by atoms with E-state index < -0.39 is 80.3 Å². The molecule has 3 rings (SSSR count). The Morgan fingerprint density at radius 3 is 1.02 bits per heavy atom. The number of hydrogen-bond acceptors (Lipinski definition) is 34. The lowest BCUT2D eigenvalue weighted by atomic mass is 9.79. The highest BCUT2D eigenvalue weighted by molar-refractivity contribution is 7.47. The lowest BCUT2D eigenvalue weighted by Gasteiger charge is -2.44. The van der Waals surface area contributed by atoms with Gasteiger partial charge < -0.3 is 119 Å². The number of phosphoric ester groups is 4. The Labute approximate surface area is 713 Å². The quantitative estimate of drug-likeness (QED) is 0.0190. The second-order valence-electron chi connectivity index (χ2n) is 31.0. The van der Waals surface area contributed by atoms with Crippen molar-refractivity contribution in [2.75, 3.05) is 179 Å². The fourth-order valence-electron chi connectivity index (χ4n) is 13.0. The van der Waals surface area contributed by atoms with E-state index in [1.54, 1.807) is 7.11 Å². The molecule has 3 aliphatic rings. The van der Waals surface area contributed by atoms with Crippen molar-refractivity contribution in [2.24, 2.45) is 58.7 Å². The molecule has 37 nitrogen and oxygen atoms in total. The summed E-state index contributed by atoms with van der Waals surface area (Å²) < 4.78 is 181. The molecule has 0 aromatic rings. The maximum atomic E-state index is 13.5. The number of esters is 3. The number of unbranched alkanes of at least 4 members (excludes halogenated alkanes) is 9. The molecule has 0 bridgehead atoms. The Balaban J connectivity index is 0.0000242. The minimum atomic E-state index is -5.11. The van der Waals surface area contributed by atoms with E-state index >= 15 is 0 Å². The van der Waals surface area contributed by atoms with Crippen LogP contribution in [-0.2, 0) is 145 Å². The summed E-state index contributed by atoms with van der Waals surface area (Å²) in [6.45, 7) is 24.8. The van der Waals surface area contributed by atoms with E-state index in [1.807, 2.05) is 27.7 Å². The number of phosphoric acid groups is 4. The zero-order valence-corrected chi connectivity index (χ0v) is 77.8. The van der Waals surface area contributed by atoms with E-state index in [2.05, 4.69) is 46.9 Å². The third-order valence-electron chi connectivity index (χ3n) is 21.1. The Morgan fingerprint density at radius 2 is 0.675 bits per heavy atom. The first-order chi connectivity index (χ1) is 57.1. The Kier molecular flexibility index (Phi) is 62.0. The van der Waals surface area contributed by atoms with Crippen LogP contribution in [-0.4, -0.2) is 261 Å². The van der Waals surface area contributed by atoms with Gasteiger partial charge in [-0.25, -0.2) is 9.13 Å². The van der Waals surface area contributed by atoms with Crippen LogP contribution < -0.4 is 15.1 Å². The molecule has 20 atom stereocenters. The van der Waals surface area contributed by atoms with Crippen molar-refractivity contribution in [2.45, 2.75) is 249 Å². The number of carbonyl (C=O) groups is 4. The predicted molar refractivity (Wildman–Crippen MR) is 436 cm³/mol. The van der Waals surface area contributed by atoms with E-state index in [0.717, 1.165) is 12.8 Å².